The summed E-state index contributed by atoms with van der Waals surface area (Å²) in [5, 5.41) is 12.1. The molecule has 1 saturated carbocycles. The molecular formula is C13H24N2O4. The molecule has 4 N–H and O–H groups in total. The summed E-state index contributed by atoms with van der Waals surface area (Å²) in [5.74, 6) is -1.36. The van der Waals surface area contributed by atoms with Gasteiger partial charge in [-0.2, -0.15) is 0 Å². The van der Waals surface area contributed by atoms with Crippen LogP contribution < -0.4 is 11.1 Å². The predicted molar refractivity (Wildman–Crippen MR) is 70.7 cm³/mol. The number of rotatable bonds is 6. The highest BCUT2D eigenvalue weighted by molar-refractivity contribution is 5.89. The van der Waals surface area contributed by atoms with Crippen molar-refractivity contribution < 1.29 is 19.4 Å². The van der Waals surface area contributed by atoms with E-state index in [1.54, 1.807) is 0 Å². The minimum atomic E-state index is -1.14. The Morgan fingerprint density at radius 3 is 2.37 bits per heavy atom. The molecule has 110 valence electrons. The summed E-state index contributed by atoms with van der Waals surface area (Å²) >= 11 is 0. The van der Waals surface area contributed by atoms with Crippen LogP contribution in [0.25, 0.3) is 0 Å². The van der Waals surface area contributed by atoms with E-state index in [4.69, 9.17) is 10.5 Å². The minimum absolute atomic E-state index is 0.384. The second-order valence-electron chi connectivity index (χ2n) is 5.18. The van der Waals surface area contributed by atoms with Crippen LogP contribution in [0.3, 0.4) is 0 Å². The molecule has 0 bridgehead atoms. The Kier molecular flexibility index (Phi) is 6.24. The summed E-state index contributed by atoms with van der Waals surface area (Å²) in [6, 6.07) is -0.723. The fourth-order valence-electron chi connectivity index (χ4n) is 2.43. The number of aliphatic carboxylic acids is 1. The Hall–Kier alpha value is -1.14. The van der Waals surface area contributed by atoms with Crippen LogP contribution in [0.5, 0.6) is 0 Å². The number of carbonyl (C=O) groups is 2. The Labute approximate surface area is 113 Å². The predicted octanol–water partition coefficient (Wildman–Crippen LogP) is 0.644. The molecule has 19 heavy (non-hydrogen) atoms. The zero-order chi connectivity index (χ0) is 14.3. The number of nitrogens with one attached hydrogen (secondary N) is 1. The van der Waals surface area contributed by atoms with E-state index < -0.39 is 23.5 Å². The number of amides is 1. The first kappa shape index (κ1) is 15.9. The number of hydrogen-bond acceptors (Lipinski definition) is 4. The van der Waals surface area contributed by atoms with Crippen LogP contribution in [0.1, 0.15) is 44.9 Å². The molecule has 6 nitrogen and oxygen atoms in total. The van der Waals surface area contributed by atoms with E-state index in [1.807, 2.05) is 0 Å². The standard InChI is InChI=1S/C13H24N2O4/c1-19-9-6-10(14)11(16)15-13(12(17)18)7-4-2-3-5-8-13/h10H,2-9,14H2,1H3,(H,15,16)(H,17,18). The number of carbonyl (C=O) groups excluding carboxylic acids is 1. The lowest BCUT2D eigenvalue weighted by molar-refractivity contribution is -0.148. The van der Waals surface area contributed by atoms with Gasteiger partial charge < -0.3 is 20.9 Å². The highest BCUT2D eigenvalue weighted by Crippen LogP contribution is 2.27. The molecule has 1 amide bonds. The SMILES string of the molecule is COCCC(N)C(=O)NC1(C(=O)O)CCCCCC1. The molecule has 1 atom stereocenters. The molecular weight excluding hydrogens is 248 g/mol. The van der Waals surface area contributed by atoms with Crippen molar-refractivity contribution in [2.75, 3.05) is 13.7 Å². The molecule has 0 aromatic heterocycles. The lowest BCUT2D eigenvalue weighted by atomic mass is 9.89. The maximum atomic E-state index is 12.0. The third-order valence-electron chi connectivity index (χ3n) is 3.70. The Morgan fingerprint density at radius 2 is 1.89 bits per heavy atom. The average molecular weight is 272 g/mol. The second-order valence-corrected chi connectivity index (χ2v) is 5.18. The van der Waals surface area contributed by atoms with Gasteiger partial charge in [0.05, 0.1) is 6.04 Å². The monoisotopic (exact) mass is 272 g/mol. The first-order valence-electron chi connectivity index (χ1n) is 6.82. The molecule has 0 aliphatic heterocycles. The quantitative estimate of drug-likeness (QED) is 0.616. The largest absolute Gasteiger partial charge is 0.480 e. The smallest absolute Gasteiger partial charge is 0.329 e. The van der Waals surface area contributed by atoms with E-state index in [2.05, 4.69) is 5.32 Å². The van der Waals surface area contributed by atoms with Crippen LogP contribution in [0.4, 0.5) is 0 Å². The summed E-state index contributed by atoms with van der Waals surface area (Å²) in [6.07, 6.45) is 5.01. The Bertz CT molecular complexity index is 312. The molecule has 1 unspecified atom stereocenters. The van der Waals surface area contributed by atoms with E-state index in [9.17, 15) is 14.7 Å². The summed E-state index contributed by atoms with van der Waals surface area (Å²) < 4.78 is 4.87. The highest BCUT2D eigenvalue weighted by atomic mass is 16.5. The van der Waals surface area contributed by atoms with Crippen molar-refractivity contribution in [1.29, 1.82) is 0 Å². The molecule has 0 radical (unpaired) electrons. The maximum Gasteiger partial charge on any atom is 0.329 e. The third-order valence-corrected chi connectivity index (χ3v) is 3.70. The van der Waals surface area contributed by atoms with E-state index in [0.717, 1.165) is 25.7 Å². The molecule has 0 heterocycles. The van der Waals surface area contributed by atoms with Gasteiger partial charge in [0.2, 0.25) is 5.91 Å². The molecule has 0 spiro atoms. The van der Waals surface area contributed by atoms with Crippen molar-refractivity contribution in [2.45, 2.75) is 56.5 Å². The van der Waals surface area contributed by atoms with Crippen molar-refractivity contribution >= 4 is 11.9 Å². The molecule has 0 saturated heterocycles. The van der Waals surface area contributed by atoms with Crippen LogP contribution >= 0.6 is 0 Å². The normalized spacial score (nSPS) is 20.3. The first-order chi connectivity index (χ1) is 9.02. The Balaban J connectivity index is 2.67. The van der Waals surface area contributed by atoms with Gasteiger partial charge in [0, 0.05) is 13.7 Å². The zero-order valence-electron chi connectivity index (χ0n) is 11.5. The van der Waals surface area contributed by atoms with Gasteiger partial charge in [-0.25, -0.2) is 4.79 Å². The summed E-state index contributed by atoms with van der Waals surface area (Å²) in [6.45, 7) is 0.384. The Morgan fingerprint density at radius 1 is 1.32 bits per heavy atom. The number of carboxylic acid groups (broad SMARTS) is 1. The van der Waals surface area contributed by atoms with Crippen LogP contribution in [-0.2, 0) is 14.3 Å². The minimum Gasteiger partial charge on any atom is -0.480 e. The van der Waals surface area contributed by atoms with Gasteiger partial charge in [0.15, 0.2) is 0 Å². The van der Waals surface area contributed by atoms with Crippen LogP contribution in [0.2, 0.25) is 0 Å². The molecule has 1 aliphatic rings. The number of hydrogen-bond donors (Lipinski definition) is 3. The average Bonchev–Trinajstić information content (AvgIpc) is 2.62. The lowest BCUT2D eigenvalue weighted by Crippen LogP contribution is -2.58. The summed E-state index contributed by atoms with van der Waals surface area (Å²) in [5.41, 5.74) is 4.59. The van der Waals surface area contributed by atoms with E-state index in [1.165, 1.54) is 7.11 Å². The molecule has 0 aromatic rings. The van der Waals surface area contributed by atoms with Gasteiger partial charge in [-0.15, -0.1) is 0 Å². The van der Waals surface area contributed by atoms with Crippen LogP contribution in [-0.4, -0.2) is 42.3 Å². The van der Waals surface area contributed by atoms with Crippen molar-refractivity contribution in [3.8, 4) is 0 Å². The number of carboxylic acids is 1. The van der Waals surface area contributed by atoms with E-state index in [-0.39, 0.29) is 0 Å². The van der Waals surface area contributed by atoms with Gasteiger partial charge in [-0.3, -0.25) is 4.79 Å². The lowest BCUT2D eigenvalue weighted by Gasteiger charge is -2.30. The molecule has 1 rings (SSSR count). The zero-order valence-corrected chi connectivity index (χ0v) is 11.5. The first-order valence-corrected chi connectivity index (χ1v) is 6.82. The topological polar surface area (TPSA) is 102 Å². The summed E-state index contributed by atoms with van der Waals surface area (Å²) in [7, 11) is 1.54. The third kappa shape index (κ3) is 4.47. The molecule has 6 heteroatoms. The van der Waals surface area contributed by atoms with E-state index >= 15 is 0 Å². The molecule has 0 aromatic carbocycles. The fraction of sp³-hybridized carbons (Fsp3) is 0.846. The molecule has 1 fully saturated rings. The van der Waals surface area contributed by atoms with Gasteiger partial charge in [-0.05, 0) is 19.3 Å². The van der Waals surface area contributed by atoms with Gasteiger partial charge in [0.25, 0.3) is 0 Å². The van der Waals surface area contributed by atoms with Crippen molar-refractivity contribution in [3.63, 3.8) is 0 Å². The summed E-state index contributed by atoms with van der Waals surface area (Å²) in [4.78, 5) is 23.5. The van der Waals surface area contributed by atoms with Gasteiger partial charge in [0.1, 0.15) is 5.54 Å². The van der Waals surface area contributed by atoms with Crippen LogP contribution in [0, 0.1) is 0 Å². The fourth-order valence-corrected chi connectivity index (χ4v) is 2.43. The number of nitrogens with two attached hydrogens (primary N) is 1. The van der Waals surface area contributed by atoms with Crippen LogP contribution in [0.15, 0.2) is 0 Å². The number of methoxy groups -OCH3 is 1. The van der Waals surface area contributed by atoms with Gasteiger partial charge in [-0.1, -0.05) is 25.7 Å². The maximum absolute atomic E-state index is 12.0. The van der Waals surface area contributed by atoms with Crippen molar-refractivity contribution in [2.24, 2.45) is 5.73 Å². The van der Waals surface area contributed by atoms with Crippen molar-refractivity contribution in [1.82, 2.24) is 5.32 Å². The van der Waals surface area contributed by atoms with Crippen molar-refractivity contribution in [3.05, 3.63) is 0 Å². The number of ether oxygens (including phenoxy) is 1. The molecule has 1 aliphatic carbocycles. The van der Waals surface area contributed by atoms with Gasteiger partial charge >= 0.3 is 5.97 Å². The highest BCUT2D eigenvalue weighted by Gasteiger charge is 2.40. The second kappa shape index (κ2) is 7.45. The van der Waals surface area contributed by atoms with E-state index in [0.29, 0.717) is 25.9 Å².